The molecule has 0 fully saturated rings. The molecule has 0 amide bonds. The number of nitrogens with one attached hydrogen (secondary N) is 1. The summed E-state index contributed by atoms with van der Waals surface area (Å²) >= 11 is 1.09. The molecule has 0 aliphatic carbocycles. The number of sulfonamides is 1. The Morgan fingerprint density at radius 1 is 1.56 bits per heavy atom. The molecule has 1 aromatic rings. The fourth-order valence-electron chi connectivity index (χ4n) is 1.02. The van der Waals surface area contributed by atoms with Gasteiger partial charge < -0.3 is 5.73 Å². The monoisotopic (exact) mass is 282 g/mol. The van der Waals surface area contributed by atoms with E-state index >= 15 is 0 Å². The SMILES string of the molecule is CS(=O)CCCNS(=O)(=O)c1cc(N)cs1. The van der Waals surface area contributed by atoms with E-state index in [4.69, 9.17) is 5.73 Å². The van der Waals surface area contributed by atoms with Crippen molar-refractivity contribution in [1.29, 1.82) is 0 Å². The average molecular weight is 282 g/mol. The molecule has 1 heterocycles. The summed E-state index contributed by atoms with van der Waals surface area (Å²) in [5.41, 5.74) is 5.89. The molecular weight excluding hydrogens is 268 g/mol. The van der Waals surface area contributed by atoms with Crippen LogP contribution in [0.3, 0.4) is 0 Å². The van der Waals surface area contributed by atoms with Gasteiger partial charge in [0, 0.05) is 40.4 Å². The molecule has 1 aromatic heterocycles. The summed E-state index contributed by atoms with van der Waals surface area (Å²) in [5.74, 6) is 0.495. The first-order valence-corrected chi connectivity index (χ1v) is 8.64. The smallest absolute Gasteiger partial charge is 0.250 e. The minimum absolute atomic E-state index is 0.211. The predicted molar refractivity (Wildman–Crippen MR) is 67.5 cm³/mol. The van der Waals surface area contributed by atoms with E-state index < -0.39 is 20.8 Å². The van der Waals surface area contributed by atoms with E-state index in [0.717, 1.165) is 11.3 Å². The summed E-state index contributed by atoms with van der Waals surface area (Å²) in [6, 6.07) is 1.42. The van der Waals surface area contributed by atoms with Crippen LogP contribution in [-0.4, -0.2) is 31.2 Å². The first kappa shape index (κ1) is 13.6. The Bertz CT molecular complexity index is 467. The van der Waals surface area contributed by atoms with Gasteiger partial charge in [-0.15, -0.1) is 11.3 Å². The highest BCUT2D eigenvalue weighted by molar-refractivity contribution is 7.91. The second kappa shape index (κ2) is 5.76. The van der Waals surface area contributed by atoms with Crippen LogP contribution in [0.1, 0.15) is 6.42 Å². The standard InChI is InChI=1S/C8H14N2O3S3/c1-15(11)4-2-3-10-16(12,13)8-5-7(9)6-14-8/h5-6,10H,2-4,9H2,1H3. The van der Waals surface area contributed by atoms with Crippen LogP contribution in [0.5, 0.6) is 0 Å². The van der Waals surface area contributed by atoms with Gasteiger partial charge in [-0.05, 0) is 12.5 Å². The Labute approximate surface area is 102 Å². The molecular formula is C8H14N2O3S3. The predicted octanol–water partition coefficient (Wildman–Crippen LogP) is 0.377. The lowest BCUT2D eigenvalue weighted by atomic mass is 10.5. The third-order valence-corrected chi connectivity index (χ3v) is 5.54. The summed E-state index contributed by atoms with van der Waals surface area (Å²) in [4.78, 5) is 0. The lowest BCUT2D eigenvalue weighted by Gasteiger charge is -2.03. The van der Waals surface area contributed by atoms with Crippen LogP contribution in [0.15, 0.2) is 15.7 Å². The molecule has 1 rings (SSSR count). The van der Waals surface area contributed by atoms with Crippen molar-refractivity contribution in [3.8, 4) is 0 Å². The molecule has 0 saturated carbocycles. The van der Waals surface area contributed by atoms with Crippen LogP contribution >= 0.6 is 11.3 Å². The van der Waals surface area contributed by atoms with Gasteiger partial charge in [0.05, 0.1) is 0 Å². The number of hydrogen-bond acceptors (Lipinski definition) is 5. The number of rotatable bonds is 6. The highest BCUT2D eigenvalue weighted by atomic mass is 32.2. The van der Waals surface area contributed by atoms with Crippen LogP contribution in [-0.2, 0) is 20.8 Å². The second-order valence-electron chi connectivity index (χ2n) is 3.23. The lowest BCUT2D eigenvalue weighted by Crippen LogP contribution is -2.24. The van der Waals surface area contributed by atoms with Crippen molar-refractivity contribution in [2.45, 2.75) is 10.6 Å². The van der Waals surface area contributed by atoms with E-state index in [2.05, 4.69) is 4.72 Å². The largest absolute Gasteiger partial charge is 0.398 e. The molecule has 0 radical (unpaired) electrons. The van der Waals surface area contributed by atoms with Crippen molar-refractivity contribution in [1.82, 2.24) is 4.72 Å². The third kappa shape index (κ3) is 4.20. The Morgan fingerprint density at radius 2 is 2.25 bits per heavy atom. The molecule has 3 N–H and O–H groups in total. The topological polar surface area (TPSA) is 89.3 Å². The Morgan fingerprint density at radius 3 is 2.75 bits per heavy atom. The zero-order valence-electron chi connectivity index (χ0n) is 8.80. The molecule has 1 atom stereocenters. The van der Waals surface area contributed by atoms with Gasteiger partial charge in [-0.25, -0.2) is 13.1 Å². The number of hydrogen-bond donors (Lipinski definition) is 2. The number of thiophene rings is 1. The van der Waals surface area contributed by atoms with E-state index in [-0.39, 0.29) is 4.21 Å². The first-order chi connectivity index (χ1) is 7.42. The molecule has 8 heteroatoms. The van der Waals surface area contributed by atoms with Gasteiger partial charge in [0.1, 0.15) is 4.21 Å². The molecule has 1 unspecified atom stereocenters. The Kier molecular flexibility index (Phi) is 4.90. The van der Waals surface area contributed by atoms with Gasteiger partial charge in [0.25, 0.3) is 0 Å². The second-order valence-corrected chi connectivity index (χ2v) is 7.69. The van der Waals surface area contributed by atoms with Crippen molar-refractivity contribution in [2.75, 3.05) is 24.3 Å². The summed E-state index contributed by atoms with van der Waals surface area (Å²) in [6.07, 6.45) is 2.15. The fraction of sp³-hybridized carbons (Fsp3) is 0.500. The molecule has 0 aliphatic heterocycles. The van der Waals surface area contributed by atoms with Gasteiger partial charge in [-0.3, -0.25) is 4.21 Å². The average Bonchev–Trinajstić information content (AvgIpc) is 2.60. The van der Waals surface area contributed by atoms with Gasteiger partial charge in [-0.2, -0.15) is 0 Å². The van der Waals surface area contributed by atoms with Gasteiger partial charge in [0.15, 0.2) is 0 Å². The van der Waals surface area contributed by atoms with E-state index in [1.165, 1.54) is 6.07 Å². The maximum absolute atomic E-state index is 11.7. The van der Waals surface area contributed by atoms with Crippen LogP contribution in [0.2, 0.25) is 0 Å². The normalized spacial score (nSPS) is 13.8. The van der Waals surface area contributed by atoms with Crippen LogP contribution < -0.4 is 10.5 Å². The van der Waals surface area contributed by atoms with Crippen molar-refractivity contribution < 1.29 is 12.6 Å². The Hall–Kier alpha value is -0.440. The van der Waals surface area contributed by atoms with Crippen LogP contribution in [0.25, 0.3) is 0 Å². The molecule has 0 aliphatic rings. The quantitative estimate of drug-likeness (QED) is 0.738. The number of anilines is 1. The van der Waals surface area contributed by atoms with Gasteiger partial charge in [0.2, 0.25) is 10.0 Å². The van der Waals surface area contributed by atoms with E-state index in [9.17, 15) is 12.6 Å². The fourth-order valence-corrected chi connectivity index (χ4v) is 3.77. The van der Waals surface area contributed by atoms with Gasteiger partial charge in [-0.1, -0.05) is 0 Å². The molecule has 0 spiro atoms. The van der Waals surface area contributed by atoms with Gasteiger partial charge >= 0.3 is 0 Å². The molecule has 5 nitrogen and oxygen atoms in total. The van der Waals surface area contributed by atoms with E-state index in [0.29, 0.717) is 24.4 Å². The molecule has 0 saturated heterocycles. The minimum Gasteiger partial charge on any atom is -0.398 e. The maximum Gasteiger partial charge on any atom is 0.250 e. The van der Waals surface area contributed by atoms with Crippen LogP contribution in [0.4, 0.5) is 5.69 Å². The lowest BCUT2D eigenvalue weighted by molar-refractivity contribution is 0.583. The number of nitrogens with two attached hydrogens (primary N) is 1. The maximum atomic E-state index is 11.7. The van der Waals surface area contributed by atoms with Crippen molar-refractivity contribution in [2.24, 2.45) is 0 Å². The van der Waals surface area contributed by atoms with Crippen molar-refractivity contribution in [3.05, 3.63) is 11.4 Å². The van der Waals surface area contributed by atoms with E-state index in [1.54, 1.807) is 11.6 Å². The zero-order chi connectivity index (χ0) is 12.2. The summed E-state index contributed by atoms with van der Waals surface area (Å²) < 4.78 is 36.7. The van der Waals surface area contributed by atoms with Crippen molar-refractivity contribution in [3.63, 3.8) is 0 Å². The number of nitrogen functional groups attached to an aromatic ring is 1. The van der Waals surface area contributed by atoms with E-state index in [1.807, 2.05) is 0 Å². The zero-order valence-corrected chi connectivity index (χ0v) is 11.3. The summed E-state index contributed by atoms with van der Waals surface area (Å²) in [6.45, 7) is 0.291. The molecule has 0 bridgehead atoms. The third-order valence-electron chi connectivity index (χ3n) is 1.76. The molecule has 16 heavy (non-hydrogen) atoms. The Balaban J connectivity index is 2.50. The molecule has 0 aromatic carbocycles. The van der Waals surface area contributed by atoms with Crippen molar-refractivity contribution >= 4 is 37.8 Å². The summed E-state index contributed by atoms with van der Waals surface area (Å²) in [7, 11) is -4.33. The highest BCUT2D eigenvalue weighted by Crippen LogP contribution is 2.21. The van der Waals surface area contributed by atoms with Crippen LogP contribution in [0, 0.1) is 0 Å². The highest BCUT2D eigenvalue weighted by Gasteiger charge is 2.15. The summed E-state index contributed by atoms with van der Waals surface area (Å²) in [5, 5.41) is 1.58. The first-order valence-electron chi connectivity index (χ1n) is 4.55. The molecule has 92 valence electrons. The minimum atomic E-state index is -3.45.